The molecule has 4 rings (SSSR count). The number of fused-ring (bicyclic) bond motifs is 1. The van der Waals surface area contributed by atoms with Crippen molar-refractivity contribution in [2.24, 2.45) is 5.73 Å². The van der Waals surface area contributed by atoms with Gasteiger partial charge in [0.15, 0.2) is 5.82 Å². The first-order valence-corrected chi connectivity index (χ1v) is 6.97. The van der Waals surface area contributed by atoms with E-state index in [1.54, 1.807) is 0 Å². The summed E-state index contributed by atoms with van der Waals surface area (Å²) in [5, 5.41) is 4.12. The van der Waals surface area contributed by atoms with Gasteiger partial charge in [-0.3, -0.25) is 0 Å². The Labute approximate surface area is 112 Å². The Morgan fingerprint density at radius 3 is 2.89 bits per heavy atom. The molecule has 0 amide bonds. The van der Waals surface area contributed by atoms with Gasteiger partial charge in [0.25, 0.3) is 0 Å². The second kappa shape index (κ2) is 3.90. The van der Waals surface area contributed by atoms with E-state index < -0.39 is 0 Å². The molecule has 2 aliphatic carbocycles. The van der Waals surface area contributed by atoms with Crippen LogP contribution in [0.4, 0.5) is 0 Å². The zero-order chi connectivity index (χ0) is 12.9. The lowest BCUT2D eigenvalue weighted by Crippen LogP contribution is -2.44. The number of hydrogen-bond donors (Lipinski definition) is 1. The predicted octanol–water partition coefficient (Wildman–Crippen LogP) is 2.49. The molecule has 98 valence electrons. The van der Waals surface area contributed by atoms with Crippen LogP contribution in [0.3, 0.4) is 0 Å². The Morgan fingerprint density at radius 1 is 1.26 bits per heavy atom. The van der Waals surface area contributed by atoms with E-state index in [-0.39, 0.29) is 11.5 Å². The molecule has 0 spiro atoms. The van der Waals surface area contributed by atoms with Gasteiger partial charge in [-0.2, -0.15) is 4.98 Å². The highest BCUT2D eigenvalue weighted by molar-refractivity contribution is 5.38. The van der Waals surface area contributed by atoms with Gasteiger partial charge in [-0.1, -0.05) is 29.4 Å². The lowest BCUT2D eigenvalue weighted by atomic mass is 9.77. The molecule has 0 radical (unpaired) electrons. The van der Waals surface area contributed by atoms with Crippen LogP contribution >= 0.6 is 0 Å². The number of nitrogens with zero attached hydrogens (tertiary/aromatic N) is 2. The van der Waals surface area contributed by atoms with Crippen LogP contribution in [0.1, 0.15) is 54.4 Å². The van der Waals surface area contributed by atoms with E-state index in [4.69, 9.17) is 10.3 Å². The van der Waals surface area contributed by atoms with Crippen LogP contribution in [-0.2, 0) is 12.0 Å². The van der Waals surface area contributed by atoms with Crippen molar-refractivity contribution < 1.29 is 4.52 Å². The molecule has 4 nitrogen and oxygen atoms in total. The fourth-order valence-electron chi connectivity index (χ4n) is 3.17. The van der Waals surface area contributed by atoms with Gasteiger partial charge < -0.3 is 10.3 Å². The first-order chi connectivity index (χ1) is 9.26. The molecule has 1 unspecified atom stereocenters. The fourth-order valence-corrected chi connectivity index (χ4v) is 3.17. The standard InChI is InChI=1S/C15H17N3O/c16-15(8-3-9-15)14-17-13(19-18-14)12-7-6-10-4-1-2-5-11(10)12/h1-2,4-5,12H,3,6-9,16H2. The maximum atomic E-state index is 6.25. The summed E-state index contributed by atoms with van der Waals surface area (Å²) in [7, 11) is 0. The van der Waals surface area contributed by atoms with Crippen LogP contribution < -0.4 is 5.73 Å². The number of aryl methyl sites for hydroxylation is 1. The quantitative estimate of drug-likeness (QED) is 0.895. The van der Waals surface area contributed by atoms with Gasteiger partial charge >= 0.3 is 0 Å². The Morgan fingerprint density at radius 2 is 2.11 bits per heavy atom. The molecule has 0 saturated heterocycles. The Kier molecular flexibility index (Phi) is 2.30. The molecular weight excluding hydrogens is 238 g/mol. The molecule has 1 heterocycles. The fraction of sp³-hybridized carbons (Fsp3) is 0.467. The molecule has 4 heteroatoms. The first-order valence-electron chi connectivity index (χ1n) is 6.97. The zero-order valence-corrected chi connectivity index (χ0v) is 10.8. The van der Waals surface area contributed by atoms with Gasteiger partial charge in [-0.05, 0) is 43.2 Å². The molecule has 1 saturated carbocycles. The van der Waals surface area contributed by atoms with Crippen LogP contribution in [0.5, 0.6) is 0 Å². The van der Waals surface area contributed by atoms with Crippen molar-refractivity contribution in [2.75, 3.05) is 0 Å². The van der Waals surface area contributed by atoms with Crippen LogP contribution in [0.25, 0.3) is 0 Å². The second-order valence-corrected chi connectivity index (χ2v) is 5.76. The Balaban J connectivity index is 1.67. The number of aromatic nitrogens is 2. The summed E-state index contributed by atoms with van der Waals surface area (Å²) >= 11 is 0. The van der Waals surface area contributed by atoms with Gasteiger partial charge in [-0.15, -0.1) is 0 Å². The van der Waals surface area contributed by atoms with Gasteiger partial charge in [0, 0.05) is 0 Å². The maximum absolute atomic E-state index is 6.25. The van der Waals surface area contributed by atoms with Crippen molar-refractivity contribution >= 4 is 0 Å². The Hall–Kier alpha value is -1.68. The minimum absolute atomic E-state index is 0.251. The summed E-state index contributed by atoms with van der Waals surface area (Å²) in [6, 6.07) is 8.51. The van der Waals surface area contributed by atoms with E-state index in [0.29, 0.717) is 5.82 Å². The molecule has 1 aromatic heterocycles. The molecule has 2 N–H and O–H groups in total. The molecule has 1 fully saturated rings. The SMILES string of the molecule is NC1(c2noc(C3CCc4ccccc43)n2)CCC1. The van der Waals surface area contributed by atoms with E-state index in [9.17, 15) is 0 Å². The average molecular weight is 255 g/mol. The van der Waals surface area contributed by atoms with E-state index in [2.05, 4.69) is 34.4 Å². The number of rotatable bonds is 2. The largest absolute Gasteiger partial charge is 0.339 e. The van der Waals surface area contributed by atoms with Crippen LogP contribution in [-0.4, -0.2) is 10.1 Å². The highest BCUT2D eigenvalue weighted by Gasteiger charge is 2.40. The van der Waals surface area contributed by atoms with E-state index in [1.165, 1.54) is 11.1 Å². The molecule has 0 aliphatic heterocycles. The third-order valence-electron chi connectivity index (χ3n) is 4.56. The normalized spacial score (nSPS) is 23.9. The number of benzene rings is 1. The summed E-state index contributed by atoms with van der Waals surface area (Å²) in [6.45, 7) is 0. The topological polar surface area (TPSA) is 64.9 Å². The third kappa shape index (κ3) is 1.63. The summed E-state index contributed by atoms with van der Waals surface area (Å²) < 4.78 is 5.49. The minimum Gasteiger partial charge on any atom is -0.339 e. The van der Waals surface area contributed by atoms with Crippen LogP contribution in [0.2, 0.25) is 0 Å². The third-order valence-corrected chi connectivity index (χ3v) is 4.56. The predicted molar refractivity (Wildman–Crippen MR) is 70.6 cm³/mol. The summed E-state index contributed by atoms with van der Waals surface area (Å²) in [5.41, 5.74) is 8.64. The monoisotopic (exact) mass is 255 g/mol. The molecular formula is C15H17N3O. The molecule has 1 aromatic carbocycles. The highest BCUT2D eigenvalue weighted by atomic mass is 16.5. The average Bonchev–Trinajstić information content (AvgIpc) is 3.02. The van der Waals surface area contributed by atoms with Crippen molar-refractivity contribution in [3.8, 4) is 0 Å². The smallest absolute Gasteiger partial charge is 0.234 e. The molecule has 19 heavy (non-hydrogen) atoms. The molecule has 1 atom stereocenters. The summed E-state index contributed by atoms with van der Waals surface area (Å²) in [5.74, 6) is 1.68. The molecule has 2 aromatic rings. The molecule has 0 bridgehead atoms. The van der Waals surface area contributed by atoms with Crippen molar-refractivity contribution in [1.29, 1.82) is 0 Å². The summed E-state index contributed by atoms with van der Waals surface area (Å²) in [4.78, 5) is 4.58. The van der Waals surface area contributed by atoms with Gasteiger partial charge in [0.05, 0.1) is 11.5 Å². The van der Waals surface area contributed by atoms with Crippen molar-refractivity contribution in [3.63, 3.8) is 0 Å². The molecule has 2 aliphatic rings. The zero-order valence-electron chi connectivity index (χ0n) is 10.8. The lowest BCUT2D eigenvalue weighted by Gasteiger charge is -2.34. The van der Waals surface area contributed by atoms with Gasteiger partial charge in [0.1, 0.15) is 0 Å². The summed E-state index contributed by atoms with van der Waals surface area (Å²) in [6.07, 6.45) is 5.23. The van der Waals surface area contributed by atoms with Crippen molar-refractivity contribution in [3.05, 3.63) is 47.1 Å². The van der Waals surface area contributed by atoms with E-state index in [1.807, 2.05) is 0 Å². The van der Waals surface area contributed by atoms with E-state index >= 15 is 0 Å². The number of nitrogens with two attached hydrogens (primary N) is 1. The minimum atomic E-state index is -0.333. The van der Waals surface area contributed by atoms with Crippen LogP contribution in [0, 0.1) is 0 Å². The van der Waals surface area contributed by atoms with Crippen LogP contribution in [0.15, 0.2) is 28.8 Å². The lowest BCUT2D eigenvalue weighted by molar-refractivity contribution is 0.228. The van der Waals surface area contributed by atoms with E-state index in [0.717, 1.165) is 38.0 Å². The Bertz CT molecular complexity index is 615. The maximum Gasteiger partial charge on any atom is 0.234 e. The first kappa shape index (κ1) is 11.2. The highest BCUT2D eigenvalue weighted by Crippen LogP contribution is 2.40. The van der Waals surface area contributed by atoms with Crippen molar-refractivity contribution in [1.82, 2.24) is 10.1 Å². The van der Waals surface area contributed by atoms with Crippen molar-refractivity contribution in [2.45, 2.75) is 43.6 Å². The van der Waals surface area contributed by atoms with Gasteiger partial charge in [-0.25, -0.2) is 0 Å². The number of hydrogen-bond acceptors (Lipinski definition) is 4. The van der Waals surface area contributed by atoms with Gasteiger partial charge in [0.2, 0.25) is 5.89 Å². The second-order valence-electron chi connectivity index (χ2n) is 5.76.